The van der Waals surface area contributed by atoms with Gasteiger partial charge in [-0.25, -0.2) is 0 Å². The van der Waals surface area contributed by atoms with Crippen LogP contribution in [0.3, 0.4) is 0 Å². The van der Waals surface area contributed by atoms with E-state index in [0.717, 1.165) is 31.5 Å². The number of benzene rings is 1. The average molecular weight is 292 g/mol. The van der Waals surface area contributed by atoms with Crippen molar-refractivity contribution in [3.05, 3.63) is 34.3 Å². The first-order chi connectivity index (χ1) is 9.60. The maximum absolute atomic E-state index is 12.2. The quantitative estimate of drug-likeness (QED) is 0.870. The number of rotatable bonds is 3. The first-order valence-corrected chi connectivity index (χ1v) is 7.14. The zero-order valence-corrected chi connectivity index (χ0v) is 12.3. The molecule has 1 aliphatic heterocycles. The predicted molar refractivity (Wildman–Crippen MR) is 78.7 cm³/mol. The number of hydrogen-bond acceptors (Lipinski definition) is 3. The van der Waals surface area contributed by atoms with Gasteiger partial charge >= 0.3 is 0 Å². The van der Waals surface area contributed by atoms with E-state index in [-0.39, 0.29) is 11.9 Å². The fourth-order valence-electron chi connectivity index (χ4n) is 2.39. The van der Waals surface area contributed by atoms with E-state index in [1.165, 1.54) is 0 Å². The Labute approximate surface area is 124 Å². The van der Waals surface area contributed by atoms with Crippen molar-refractivity contribution in [2.45, 2.75) is 25.8 Å². The van der Waals surface area contributed by atoms with Crippen molar-refractivity contribution in [2.75, 3.05) is 19.6 Å². The zero-order valence-electron chi connectivity index (χ0n) is 11.5. The Balaban J connectivity index is 1.89. The summed E-state index contributed by atoms with van der Waals surface area (Å²) in [6.45, 7) is 4.08. The molecule has 0 aliphatic carbocycles. The number of aryl methyl sites for hydroxylation is 1. The number of nitriles is 1. The van der Waals surface area contributed by atoms with Gasteiger partial charge in [0.1, 0.15) is 0 Å². The number of piperidine rings is 1. The lowest BCUT2D eigenvalue weighted by Gasteiger charge is -2.30. The number of hydrogen-bond donors (Lipinski definition) is 1. The molecule has 0 unspecified atom stereocenters. The van der Waals surface area contributed by atoms with Gasteiger partial charge in [0.15, 0.2) is 0 Å². The molecule has 0 radical (unpaired) electrons. The molecule has 1 N–H and O–H groups in total. The molecule has 1 aromatic rings. The second-order valence-electron chi connectivity index (χ2n) is 5.15. The highest BCUT2D eigenvalue weighted by molar-refractivity contribution is 6.31. The van der Waals surface area contributed by atoms with Crippen molar-refractivity contribution in [1.29, 1.82) is 5.26 Å². The summed E-state index contributed by atoms with van der Waals surface area (Å²) in [6, 6.07) is 7.65. The highest BCUT2D eigenvalue weighted by Crippen LogP contribution is 2.17. The Morgan fingerprint density at radius 1 is 1.50 bits per heavy atom. The van der Waals surface area contributed by atoms with Gasteiger partial charge in [-0.2, -0.15) is 5.26 Å². The van der Waals surface area contributed by atoms with Gasteiger partial charge in [-0.3, -0.25) is 9.69 Å². The van der Waals surface area contributed by atoms with Gasteiger partial charge in [0.25, 0.3) is 5.91 Å². The summed E-state index contributed by atoms with van der Waals surface area (Å²) < 4.78 is 0. The molecule has 4 nitrogen and oxygen atoms in total. The van der Waals surface area contributed by atoms with E-state index in [1.807, 2.05) is 13.0 Å². The van der Waals surface area contributed by atoms with Crippen molar-refractivity contribution >= 4 is 17.5 Å². The predicted octanol–water partition coefficient (Wildman–Crippen LogP) is 2.37. The lowest BCUT2D eigenvalue weighted by Crippen LogP contribution is -2.44. The van der Waals surface area contributed by atoms with E-state index in [0.29, 0.717) is 17.1 Å². The normalized spacial score (nSPS) is 16.6. The molecule has 106 valence electrons. The van der Waals surface area contributed by atoms with Crippen LogP contribution in [-0.2, 0) is 0 Å². The molecule has 1 fully saturated rings. The van der Waals surface area contributed by atoms with Crippen LogP contribution >= 0.6 is 11.6 Å². The Kier molecular flexibility index (Phi) is 4.99. The number of nitrogens with zero attached hydrogens (tertiary/aromatic N) is 2. The highest BCUT2D eigenvalue weighted by Gasteiger charge is 2.20. The fraction of sp³-hybridized carbons (Fsp3) is 0.467. The summed E-state index contributed by atoms with van der Waals surface area (Å²) in [5.74, 6) is -0.0523. The molecular formula is C15H18ClN3O. The van der Waals surface area contributed by atoms with E-state index in [9.17, 15) is 4.79 Å². The van der Waals surface area contributed by atoms with Gasteiger partial charge < -0.3 is 5.32 Å². The lowest BCUT2D eigenvalue weighted by molar-refractivity contribution is 0.0914. The molecule has 1 heterocycles. The Morgan fingerprint density at radius 3 is 2.80 bits per heavy atom. The van der Waals surface area contributed by atoms with Crippen LogP contribution in [0.4, 0.5) is 0 Å². The van der Waals surface area contributed by atoms with Gasteiger partial charge in [0, 0.05) is 29.7 Å². The molecule has 0 saturated carbocycles. The van der Waals surface area contributed by atoms with Crippen LogP contribution in [-0.4, -0.2) is 36.5 Å². The Hall–Kier alpha value is -1.57. The minimum absolute atomic E-state index is 0.0523. The third-order valence-corrected chi connectivity index (χ3v) is 4.06. The average Bonchev–Trinajstić information content (AvgIpc) is 2.44. The minimum Gasteiger partial charge on any atom is -0.349 e. The summed E-state index contributed by atoms with van der Waals surface area (Å²) in [5.41, 5.74) is 1.55. The van der Waals surface area contributed by atoms with Crippen LogP contribution < -0.4 is 5.32 Å². The third kappa shape index (κ3) is 3.72. The first-order valence-electron chi connectivity index (χ1n) is 6.76. The molecule has 0 bridgehead atoms. The molecule has 0 spiro atoms. The smallest absolute Gasteiger partial charge is 0.251 e. The Morgan fingerprint density at radius 2 is 2.20 bits per heavy atom. The molecule has 1 saturated heterocycles. The monoisotopic (exact) mass is 291 g/mol. The van der Waals surface area contributed by atoms with E-state index in [4.69, 9.17) is 16.9 Å². The summed E-state index contributed by atoms with van der Waals surface area (Å²) in [4.78, 5) is 14.3. The highest BCUT2D eigenvalue weighted by atomic mass is 35.5. The largest absolute Gasteiger partial charge is 0.349 e. The van der Waals surface area contributed by atoms with Gasteiger partial charge in [-0.05, 0) is 43.5 Å². The number of likely N-dealkylation sites (tertiary alicyclic amines) is 1. The SMILES string of the molecule is Cc1cc(C(=O)NC2CCN(CC#N)CC2)ccc1Cl. The number of halogens is 1. The van der Waals surface area contributed by atoms with Crippen molar-refractivity contribution in [2.24, 2.45) is 0 Å². The minimum atomic E-state index is -0.0523. The van der Waals surface area contributed by atoms with Gasteiger partial charge in [0.05, 0.1) is 12.6 Å². The van der Waals surface area contributed by atoms with E-state index in [2.05, 4.69) is 16.3 Å². The van der Waals surface area contributed by atoms with Gasteiger partial charge in [-0.1, -0.05) is 11.6 Å². The molecule has 0 aromatic heterocycles. The van der Waals surface area contributed by atoms with Crippen LogP contribution in [0.1, 0.15) is 28.8 Å². The molecule has 1 amide bonds. The maximum Gasteiger partial charge on any atom is 0.251 e. The number of carbonyl (C=O) groups excluding carboxylic acids is 1. The summed E-state index contributed by atoms with van der Waals surface area (Å²) in [5, 5.41) is 12.4. The topological polar surface area (TPSA) is 56.1 Å². The number of amides is 1. The fourth-order valence-corrected chi connectivity index (χ4v) is 2.51. The van der Waals surface area contributed by atoms with Gasteiger partial charge in [-0.15, -0.1) is 0 Å². The number of nitrogens with one attached hydrogen (secondary N) is 1. The van der Waals surface area contributed by atoms with Crippen LogP contribution in [0.15, 0.2) is 18.2 Å². The molecular weight excluding hydrogens is 274 g/mol. The van der Waals surface area contributed by atoms with E-state index < -0.39 is 0 Å². The second kappa shape index (κ2) is 6.74. The van der Waals surface area contributed by atoms with Crippen molar-refractivity contribution < 1.29 is 4.79 Å². The molecule has 1 aromatic carbocycles. The van der Waals surface area contributed by atoms with Crippen LogP contribution in [0.25, 0.3) is 0 Å². The van der Waals surface area contributed by atoms with Crippen molar-refractivity contribution in [3.63, 3.8) is 0 Å². The van der Waals surface area contributed by atoms with E-state index >= 15 is 0 Å². The third-order valence-electron chi connectivity index (χ3n) is 3.64. The molecule has 20 heavy (non-hydrogen) atoms. The lowest BCUT2D eigenvalue weighted by atomic mass is 10.0. The molecule has 2 rings (SSSR count). The zero-order chi connectivity index (χ0) is 14.5. The van der Waals surface area contributed by atoms with Crippen LogP contribution in [0, 0.1) is 18.3 Å². The maximum atomic E-state index is 12.2. The standard InChI is InChI=1S/C15H18ClN3O/c1-11-10-12(2-3-14(11)16)15(20)18-13-4-7-19(8-5-13)9-6-17/h2-3,10,13H,4-5,7-9H2,1H3,(H,18,20). The molecule has 5 heteroatoms. The Bertz CT molecular complexity index is 530. The first kappa shape index (κ1) is 14.8. The van der Waals surface area contributed by atoms with E-state index in [1.54, 1.807) is 12.1 Å². The molecule has 1 aliphatic rings. The van der Waals surface area contributed by atoms with Crippen LogP contribution in [0.2, 0.25) is 5.02 Å². The summed E-state index contributed by atoms with van der Waals surface area (Å²) >= 11 is 5.96. The second-order valence-corrected chi connectivity index (χ2v) is 5.55. The van der Waals surface area contributed by atoms with Crippen molar-refractivity contribution in [1.82, 2.24) is 10.2 Å². The van der Waals surface area contributed by atoms with Crippen LogP contribution in [0.5, 0.6) is 0 Å². The molecule has 0 atom stereocenters. The van der Waals surface area contributed by atoms with Crippen molar-refractivity contribution in [3.8, 4) is 6.07 Å². The summed E-state index contributed by atoms with van der Waals surface area (Å²) in [7, 11) is 0. The number of carbonyl (C=O) groups is 1. The van der Waals surface area contributed by atoms with Gasteiger partial charge in [0.2, 0.25) is 0 Å². The summed E-state index contributed by atoms with van der Waals surface area (Å²) in [6.07, 6.45) is 1.78.